The van der Waals surface area contributed by atoms with Crippen LogP contribution in [0.5, 0.6) is 34.5 Å². The highest BCUT2D eigenvalue weighted by atomic mass is 16.5. The molecule has 6 nitrogen and oxygen atoms in total. The van der Waals surface area contributed by atoms with E-state index in [1.807, 2.05) is 58.9 Å². The van der Waals surface area contributed by atoms with Gasteiger partial charge in [0, 0.05) is 27.5 Å². The molecule has 0 aliphatic heterocycles. The van der Waals surface area contributed by atoms with E-state index in [2.05, 4.69) is 32.9 Å². The highest BCUT2D eigenvalue weighted by Crippen LogP contribution is 2.49. The molecule has 3 aromatic carbocycles. The van der Waals surface area contributed by atoms with Gasteiger partial charge in [0.15, 0.2) is 11.5 Å². The minimum atomic E-state index is -0.515. The van der Waals surface area contributed by atoms with Gasteiger partial charge in [-0.05, 0) is 79.7 Å². The Kier molecular flexibility index (Phi) is 11.6. The molecular formula is C35H48O6. The van der Waals surface area contributed by atoms with Crippen molar-refractivity contribution in [2.24, 2.45) is 0 Å². The number of phenolic OH excluding ortho intramolecular Hbond substituents is 4. The number of benzene rings is 3. The third kappa shape index (κ3) is 8.12. The smallest absolute Gasteiger partial charge is 0.208 e. The number of methoxy groups -OCH3 is 1. The van der Waals surface area contributed by atoms with E-state index in [1.54, 1.807) is 6.92 Å². The number of aromatic hydroxyl groups is 4. The van der Waals surface area contributed by atoms with Gasteiger partial charge in [0.05, 0.1) is 7.11 Å². The standard InChI is InChI=1S/C18H28O4.C17H20O2/c1-8-11(2)9-10-13-12(3)14(19)16(21-7)17(15(13)20)22-18(4,5)6;1-4-11(2)9-10-13-12(3)16(18)14-7-5-6-8-15(14)17(13)19/h9,19-20H,8,10H2,1-7H3;5-9,18-19H,4,10H2,1-3H3/b2*11-9+. The molecule has 0 radical (unpaired) electrons. The summed E-state index contributed by atoms with van der Waals surface area (Å²) in [7, 11) is 1.45. The Morgan fingerprint density at radius 2 is 1.15 bits per heavy atom. The van der Waals surface area contributed by atoms with Crippen LogP contribution in [0.25, 0.3) is 10.8 Å². The van der Waals surface area contributed by atoms with Crippen LogP contribution in [-0.4, -0.2) is 33.1 Å². The van der Waals surface area contributed by atoms with Crippen LogP contribution >= 0.6 is 0 Å². The Morgan fingerprint density at radius 3 is 1.59 bits per heavy atom. The molecule has 41 heavy (non-hydrogen) atoms. The molecule has 0 aromatic heterocycles. The fourth-order valence-electron chi connectivity index (χ4n) is 4.36. The van der Waals surface area contributed by atoms with E-state index in [-0.39, 0.29) is 34.5 Å². The maximum absolute atomic E-state index is 10.6. The second kappa shape index (κ2) is 14.2. The molecule has 0 bridgehead atoms. The average Bonchev–Trinajstić information content (AvgIpc) is 2.94. The van der Waals surface area contributed by atoms with Crippen molar-refractivity contribution in [2.45, 2.75) is 93.6 Å². The number of rotatable bonds is 8. The maximum Gasteiger partial charge on any atom is 0.208 e. The first-order valence-electron chi connectivity index (χ1n) is 14.2. The van der Waals surface area contributed by atoms with Crippen LogP contribution in [0.2, 0.25) is 0 Å². The molecule has 0 heterocycles. The van der Waals surface area contributed by atoms with Gasteiger partial charge < -0.3 is 29.9 Å². The van der Waals surface area contributed by atoms with E-state index in [9.17, 15) is 20.4 Å². The van der Waals surface area contributed by atoms with Gasteiger partial charge in [-0.1, -0.05) is 61.4 Å². The monoisotopic (exact) mass is 564 g/mol. The number of fused-ring (bicyclic) bond motifs is 1. The van der Waals surface area contributed by atoms with Crippen molar-refractivity contribution in [3.05, 3.63) is 69.8 Å². The van der Waals surface area contributed by atoms with Gasteiger partial charge in [-0.2, -0.15) is 0 Å². The third-order valence-corrected chi connectivity index (χ3v) is 7.30. The van der Waals surface area contributed by atoms with E-state index in [1.165, 1.54) is 18.3 Å². The van der Waals surface area contributed by atoms with E-state index in [0.717, 1.165) is 24.0 Å². The molecule has 0 aliphatic rings. The van der Waals surface area contributed by atoms with Gasteiger partial charge in [0.1, 0.15) is 17.1 Å². The summed E-state index contributed by atoms with van der Waals surface area (Å²) in [6.45, 7) is 17.6. The van der Waals surface area contributed by atoms with Gasteiger partial charge in [0.25, 0.3) is 0 Å². The number of hydrogen-bond acceptors (Lipinski definition) is 6. The first kappa shape index (κ1) is 33.4. The van der Waals surface area contributed by atoms with Gasteiger partial charge in [0.2, 0.25) is 11.5 Å². The van der Waals surface area contributed by atoms with E-state index in [0.29, 0.717) is 34.7 Å². The number of allylic oxidation sites excluding steroid dienone is 4. The molecule has 3 rings (SSSR count). The van der Waals surface area contributed by atoms with Crippen LogP contribution in [0.15, 0.2) is 47.6 Å². The summed E-state index contributed by atoms with van der Waals surface area (Å²) >= 11 is 0. The molecule has 0 atom stereocenters. The van der Waals surface area contributed by atoms with Gasteiger partial charge in [-0.25, -0.2) is 0 Å². The largest absolute Gasteiger partial charge is 0.507 e. The van der Waals surface area contributed by atoms with E-state index in [4.69, 9.17) is 9.47 Å². The number of ether oxygens (including phenoxy) is 2. The molecule has 0 amide bonds. The summed E-state index contributed by atoms with van der Waals surface area (Å²) in [6, 6.07) is 7.40. The zero-order chi connectivity index (χ0) is 31.1. The highest BCUT2D eigenvalue weighted by molar-refractivity contribution is 5.95. The Labute approximate surface area is 245 Å². The van der Waals surface area contributed by atoms with Crippen molar-refractivity contribution in [3.8, 4) is 34.5 Å². The molecule has 3 aromatic rings. The van der Waals surface area contributed by atoms with Crippen LogP contribution in [0, 0.1) is 13.8 Å². The van der Waals surface area contributed by atoms with Crippen LogP contribution in [0.3, 0.4) is 0 Å². The zero-order valence-corrected chi connectivity index (χ0v) is 26.4. The zero-order valence-electron chi connectivity index (χ0n) is 26.4. The van der Waals surface area contributed by atoms with Crippen molar-refractivity contribution in [2.75, 3.05) is 7.11 Å². The summed E-state index contributed by atoms with van der Waals surface area (Å²) in [6.07, 6.45) is 7.29. The Hall–Kier alpha value is -3.80. The third-order valence-electron chi connectivity index (χ3n) is 7.30. The minimum Gasteiger partial charge on any atom is -0.507 e. The maximum atomic E-state index is 10.6. The van der Waals surface area contributed by atoms with Crippen LogP contribution in [0.1, 0.15) is 83.6 Å². The lowest BCUT2D eigenvalue weighted by molar-refractivity contribution is 0.119. The topological polar surface area (TPSA) is 99.4 Å². The molecule has 0 spiro atoms. The van der Waals surface area contributed by atoms with Crippen LogP contribution < -0.4 is 9.47 Å². The van der Waals surface area contributed by atoms with Crippen LogP contribution in [0.4, 0.5) is 0 Å². The lowest BCUT2D eigenvalue weighted by atomic mass is 9.96. The van der Waals surface area contributed by atoms with Crippen LogP contribution in [-0.2, 0) is 12.8 Å². The molecule has 0 saturated carbocycles. The predicted octanol–water partition coefficient (Wildman–Crippen LogP) is 8.95. The van der Waals surface area contributed by atoms with Crippen molar-refractivity contribution in [3.63, 3.8) is 0 Å². The first-order chi connectivity index (χ1) is 19.2. The lowest BCUT2D eigenvalue weighted by Gasteiger charge is -2.25. The summed E-state index contributed by atoms with van der Waals surface area (Å²) in [5, 5.41) is 43.0. The summed E-state index contributed by atoms with van der Waals surface area (Å²) in [4.78, 5) is 0. The van der Waals surface area contributed by atoms with Crippen molar-refractivity contribution < 1.29 is 29.9 Å². The fraction of sp³-hybridized carbons (Fsp3) is 0.429. The van der Waals surface area contributed by atoms with E-state index < -0.39 is 5.60 Å². The van der Waals surface area contributed by atoms with Gasteiger partial charge >= 0.3 is 0 Å². The van der Waals surface area contributed by atoms with Crippen molar-refractivity contribution in [1.29, 1.82) is 0 Å². The second-order valence-corrected chi connectivity index (χ2v) is 11.4. The summed E-state index contributed by atoms with van der Waals surface area (Å²) in [5.74, 6) is 0.955. The Morgan fingerprint density at radius 1 is 0.707 bits per heavy atom. The average molecular weight is 565 g/mol. The SMILES string of the molecule is CC/C(C)=C/Cc1c(C)c(O)c(OC)c(OC(C)(C)C)c1O.CC/C(C)=C/Cc1c(C)c(O)c2ccccc2c1O. The normalized spacial score (nSPS) is 12.2. The fourth-order valence-corrected chi connectivity index (χ4v) is 4.36. The lowest BCUT2D eigenvalue weighted by Crippen LogP contribution is -2.23. The Balaban J connectivity index is 0.000000289. The summed E-state index contributed by atoms with van der Waals surface area (Å²) < 4.78 is 11.0. The molecule has 4 N–H and O–H groups in total. The number of hydrogen-bond donors (Lipinski definition) is 4. The highest BCUT2D eigenvalue weighted by Gasteiger charge is 2.26. The van der Waals surface area contributed by atoms with Crippen molar-refractivity contribution in [1.82, 2.24) is 0 Å². The Bertz CT molecular complexity index is 1420. The number of phenols is 4. The van der Waals surface area contributed by atoms with Gasteiger partial charge in [-0.3, -0.25) is 0 Å². The molecule has 0 aliphatic carbocycles. The molecule has 6 heteroatoms. The quantitative estimate of drug-likeness (QED) is 0.161. The molecule has 0 saturated heterocycles. The predicted molar refractivity (Wildman–Crippen MR) is 169 cm³/mol. The summed E-state index contributed by atoms with van der Waals surface area (Å²) in [5.41, 5.74) is 4.83. The van der Waals surface area contributed by atoms with Gasteiger partial charge in [-0.15, -0.1) is 0 Å². The van der Waals surface area contributed by atoms with E-state index >= 15 is 0 Å². The minimum absolute atomic E-state index is 0.0112. The molecule has 224 valence electrons. The molecular weight excluding hydrogens is 516 g/mol. The molecule has 0 fully saturated rings. The first-order valence-corrected chi connectivity index (χ1v) is 14.2. The van der Waals surface area contributed by atoms with Crippen molar-refractivity contribution >= 4 is 10.8 Å². The second-order valence-electron chi connectivity index (χ2n) is 11.4. The molecule has 0 unspecified atom stereocenters.